The molecule has 1 aromatic heterocycles. The lowest BCUT2D eigenvalue weighted by Gasteiger charge is -2.12. The molecule has 0 radical (unpaired) electrons. The van der Waals surface area contributed by atoms with Crippen LogP contribution in [0.5, 0.6) is 0 Å². The lowest BCUT2D eigenvalue weighted by Crippen LogP contribution is -2.23. The molecule has 1 heterocycles. The Balaban J connectivity index is 0.00000264. The van der Waals surface area contributed by atoms with Crippen LogP contribution in [-0.2, 0) is 22.9 Å². The maximum absolute atomic E-state index is 11.5. The zero-order valence-electron chi connectivity index (χ0n) is 13.9. The molecule has 5 nitrogen and oxygen atoms in total. The van der Waals surface area contributed by atoms with Gasteiger partial charge in [0.15, 0.2) is 0 Å². The fraction of sp³-hybridized carbons (Fsp3) is 0.500. The van der Waals surface area contributed by atoms with Gasteiger partial charge in [0, 0.05) is 23.6 Å². The van der Waals surface area contributed by atoms with E-state index in [1.165, 1.54) is 18.0 Å². The van der Waals surface area contributed by atoms with E-state index in [-0.39, 0.29) is 18.2 Å². The number of likely N-dealkylation sites (N-methyl/N-ethyl adjacent to an activating group) is 1. The van der Waals surface area contributed by atoms with E-state index in [9.17, 15) is 8.42 Å². The standard InChI is InChI=1S/C16H25N3O2S.ClH/c1-4-19(3)9-7-14-12-18-16-6-5-13(11-15(14)16)8-10-22(20,21)17-2;/h5-6,11-12,17-18H,4,7-10H2,1-3H3;1H. The number of benzene rings is 1. The summed E-state index contributed by atoms with van der Waals surface area (Å²) < 4.78 is 25.4. The van der Waals surface area contributed by atoms with E-state index in [0.717, 1.165) is 30.6 Å². The second kappa shape index (κ2) is 8.68. The van der Waals surface area contributed by atoms with Crippen molar-refractivity contribution in [2.45, 2.75) is 19.8 Å². The number of sulfonamides is 1. The Kier molecular flexibility index (Phi) is 7.54. The van der Waals surface area contributed by atoms with Gasteiger partial charge in [-0.25, -0.2) is 13.1 Å². The van der Waals surface area contributed by atoms with Gasteiger partial charge < -0.3 is 9.88 Å². The third-order valence-electron chi connectivity index (χ3n) is 4.11. The summed E-state index contributed by atoms with van der Waals surface area (Å²) in [5, 5.41) is 1.20. The van der Waals surface area contributed by atoms with Crippen molar-refractivity contribution in [2.75, 3.05) is 32.9 Å². The molecular weight excluding hydrogens is 334 g/mol. The highest BCUT2D eigenvalue weighted by Gasteiger charge is 2.09. The fourth-order valence-electron chi connectivity index (χ4n) is 2.41. The molecule has 23 heavy (non-hydrogen) atoms. The monoisotopic (exact) mass is 359 g/mol. The quantitative estimate of drug-likeness (QED) is 0.759. The number of aromatic nitrogens is 1. The number of rotatable bonds is 8. The van der Waals surface area contributed by atoms with Crippen molar-refractivity contribution in [1.82, 2.24) is 14.6 Å². The molecule has 0 saturated carbocycles. The number of nitrogens with zero attached hydrogens (tertiary/aromatic N) is 1. The minimum Gasteiger partial charge on any atom is -0.361 e. The summed E-state index contributed by atoms with van der Waals surface area (Å²) in [7, 11) is 0.408. The predicted octanol–water partition coefficient (Wildman–Crippen LogP) is 2.18. The van der Waals surface area contributed by atoms with Crippen molar-refractivity contribution < 1.29 is 8.42 Å². The average molecular weight is 360 g/mol. The molecule has 0 unspecified atom stereocenters. The van der Waals surface area contributed by atoms with Gasteiger partial charge in [0.2, 0.25) is 10.0 Å². The van der Waals surface area contributed by atoms with Crippen LogP contribution in [0.15, 0.2) is 24.4 Å². The smallest absolute Gasteiger partial charge is 0.211 e. The lowest BCUT2D eigenvalue weighted by atomic mass is 10.1. The van der Waals surface area contributed by atoms with Crippen LogP contribution in [0.3, 0.4) is 0 Å². The number of H-pyrrole nitrogens is 1. The van der Waals surface area contributed by atoms with Crippen LogP contribution in [0.2, 0.25) is 0 Å². The summed E-state index contributed by atoms with van der Waals surface area (Å²) in [5.41, 5.74) is 3.44. The largest absolute Gasteiger partial charge is 0.361 e. The van der Waals surface area contributed by atoms with E-state index in [1.54, 1.807) is 0 Å². The molecule has 0 atom stereocenters. The minimum absolute atomic E-state index is 0. The van der Waals surface area contributed by atoms with Crippen molar-refractivity contribution in [3.63, 3.8) is 0 Å². The zero-order valence-corrected chi connectivity index (χ0v) is 15.6. The molecule has 2 N–H and O–H groups in total. The predicted molar refractivity (Wildman–Crippen MR) is 99.0 cm³/mol. The molecule has 130 valence electrons. The average Bonchev–Trinajstić information content (AvgIpc) is 2.93. The summed E-state index contributed by atoms with van der Waals surface area (Å²) >= 11 is 0. The van der Waals surface area contributed by atoms with Crippen LogP contribution in [0.4, 0.5) is 0 Å². The number of aromatic amines is 1. The second-order valence-electron chi connectivity index (χ2n) is 5.61. The summed E-state index contributed by atoms with van der Waals surface area (Å²) in [6, 6.07) is 6.13. The third kappa shape index (κ3) is 5.49. The van der Waals surface area contributed by atoms with E-state index < -0.39 is 10.0 Å². The van der Waals surface area contributed by atoms with Gasteiger partial charge >= 0.3 is 0 Å². The van der Waals surface area contributed by atoms with Gasteiger partial charge in [-0.3, -0.25) is 0 Å². The lowest BCUT2D eigenvalue weighted by molar-refractivity contribution is 0.358. The molecule has 0 aliphatic carbocycles. The third-order valence-corrected chi connectivity index (χ3v) is 5.47. The maximum Gasteiger partial charge on any atom is 0.211 e. The molecule has 2 aromatic rings. The molecule has 0 amide bonds. The molecule has 7 heteroatoms. The van der Waals surface area contributed by atoms with Crippen LogP contribution in [-0.4, -0.2) is 51.2 Å². The molecule has 1 aromatic carbocycles. The van der Waals surface area contributed by atoms with E-state index in [4.69, 9.17) is 0 Å². The van der Waals surface area contributed by atoms with E-state index in [0.29, 0.717) is 6.42 Å². The highest BCUT2D eigenvalue weighted by atomic mass is 35.5. The van der Waals surface area contributed by atoms with Crippen molar-refractivity contribution in [1.29, 1.82) is 0 Å². The van der Waals surface area contributed by atoms with Gasteiger partial charge in [0.05, 0.1) is 5.75 Å². The van der Waals surface area contributed by atoms with E-state index in [1.807, 2.05) is 12.1 Å². The Morgan fingerprint density at radius 3 is 2.65 bits per heavy atom. The van der Waals surface area contributed by atoms with Crippen molar-refractivity contribution in [2.24, 2.45) is 0 Å². The molecule has 0 spiro atoms. The van der Waals surface area contributed by atoms with Crippen molar-refractivity contribution in [3.05, 3.63) is 35.5 Å². The number of nitrogens with one attached hydrogen (secondary N) is 2. The number of hydrogen-bond donors (Lipinski definition) is 2. The number of aryl methyl sites for hydroxylation is 1. The Morgan fingerprint density at radius 1 is 1.26 bits per heavy atom. The van der Waals surface area contributed by atoms with Gasteiger partial charge in [-0.1, -0.05) is 13.0 Å². The van der Waals surface area contributed by atoms with E-state index in [2.05, 4.69) is 40.8 Å². The van der Waals surface area contributed by atoms with Crippen LogP contribution < -0.4 is 4.72 Å². The Hall–Kier alpha value is -1.08. The van der Waals surface area contributed by atoms with Crippen LogP contribution >= 0.6 is 12.4 Å². The van der Waals surface area contributed by atoms with Gasteiger partial charge in [-0.15, -0.1) is 12.4 Å². The molecule has 0 saturated heterocycles. The summed E-state index contributed by atoms with van der Waals surface area (Å²) in [4.78, 5) is 5.57. The first kappa shape index (κ1) is 20.0. The summed E-state index contributed by atoms with van der Waals surface area (Å²) in [6.07, 6.45) is 3.57. The molecule has 0 aliphatic heterocycles. The van der Waals surface area contributed by atoms with Crippen LogP contribution in [0.1, 0.15) is 18.1 Å². The van der Waals surface area contributed by atoms with Gasteiger partial charge in [0.25, 0.3) is 0 Å². The highest BCUT2D eigenvalue weighted by Crippen LogP contribution is 2.21. The van der Waals surface area contributed by atoms with Gasteiger partial charge in [-0.05, 0) is 56.7 Å². The zero-order chi connectivity index (χ0) is 16.2. The SMILES string of the molecule is CCN(C)CCc1c[nH]c2ccc(CCS(=O)(=O)NC)cc12.Cl. The molecule has 0 bridgehead atoms. The molecular formula is C16H26ClN3O2S. The molecule has 0 aliphatic rings. The first-order chi connectivity index (χ1) is 10.4. The first-order valence-corrected chi connectivity index (χ1v) is 9.29. The Bertz CT molecular complexity index is 728. The van der Waals surface area contributed by atoms with Gasteiger partial charge in [-0.2, -0.15) is 0 Å². The van der Waals surface area contributed by atoms with Crippen molar-refractivity contribution in [3.8, 4) is 0 Å². The summed E-state index contributed by atoms with van der Waals surface area (Å²) in [6.45, 7) is 4.20. The minimum atomic E-state index is -3.16. The molecule has 2 rings (SSSR count). The second-order valence-corrected chi connectivity index (χ2v) is 7.66. The maximum atomic E-state index is 11.5. The summed E-state index contributed by atoms with van der Waals surface area (Å²) in [5.74, 6) is 0.118. The number of hydrogen-bond acceptors (Lipinski definition) is 3. The topological polar surface area (TPSA) is 65.2 Å². The van der Waals surface area contributed by atoms with Crippen LogP contribution in [0, 0.1) is 0 Å². The Labute approximate surface area is 144 Å². The van der Waals surface area contributed by atoms with Crippen molar-refractivity contribution >= 4 is 33.3 Å². The van der Waals surface area contributed by atoms with Gasteiger partial charge in [0.1, 0.15) is 0 Å². The normalized spacial score (nSPS) is 11.8. The Morgan fingerprint density at radius 2 is 2.00 bits per heavy atom. The van der Waals surface area contributed by atoms with E-state index >= 15 is 0 Å². The molecule has 0 fully saturated rings. The first-order valence-electron chi connectivity index (χ1n) is 7.64. The number of halogens is 1. The fourth-order valence-corrected chi connectivity index (χ4v) is 3.12. The highest BCUT2D eigenvalue weighted by molar-refractivity contribution is 7.89. The number of fused-ring (bicyclic) bond motifs is 1. The van der Waals surface area contributed by atoms with Crippen LogP contribution in [0.25, 0.3) is 10.9 Å².